The average Bonchev–Trinajstić information content (AvgIpc) is 2.98. The Morgan fingerprint density at radius 2 is 1.77 bits per heavy atom. The van der Waals surface area contributed by atoms with Crippen molar-refractivity contribution in [1.82, 2.24) is 5.32 Å². The molecule has 1 N–H and O–H groups in total. The first-order valence-electron chi connectivity index (χ1n) is 8.23. The monoisotopic (exact) mass is 301 g/mol. The van der Waals surface area contributed by atoms with Crippen LogP contribution in [0.4, 0.5) is 0 Å². The first-order chi connectivity index (χ1) is 10.7. The van der Waals surface area contributed by atoms with Crippen LogP contribution in [0.5, 0.6) is 0 Å². The molecule has 3 rings (SSSR count). The summed E-state index contributed by atoms with van der Waals surface area (Å²) in [5, 5.41) is 2.95. The lowest BCUT2D eigenvalue weighted by molar-refractivity contribution is -0.157. The Morgan fingerprint density at radius 3 is 2.36 bits per heavy atom. The molecule has 4 nitrogen and oxygen atoms in total. The number of hydrogen-bond donors (Lipinski definition) is 1. The molecule has 0 saturated heterocycles. The largest absolute Gasteiger partial charge is 0.455 e. The molecule has 2 aliphatic carbocycles. The summed E-state index contributed by atoms with van der Waals surface area (Å²) in [6.07, 6.45) is 7.05. The lowest BCUT2D eigenvalue weighted by Crippen LogP contribution is -2.45. The fraction of sp³-hybridized carbons (Fsp3) is 0.556. The van der Waals surface area contributed by atoms with E-state index in [-0.39, 0.29) is 24.5 Å². The van der Waals surface area contributed by atoms with Crippen LogP contribution >= 0.6 is 0 Å². The van der Waals surface area contributed by atoms with E-state index < -0.39 is 5.41 Å². The van der Waals surface area contributed by atoms with Gasteiger partial charge in [-0.05, 0) is 31.2 Å². The maximum Gasteiger partial charge on any atom is 0.317 e. The third-order valence-electron chi connectivity index (χ3n) is 4.98. The normalized spacial score (nSPS) is 20.2. The number of ether oxygens (including phenoxy) is 1. The maximum absolute atomic E-state index is 12.5. The van der Waals surface area contributed by atoms with Crippen molar-refractivity contribution in [2.24, 2.45) is 0 Å². The molecule has 0 aliphatic heterocycles. The quantitative estimate of drug-likeness (QED) is 0.851. The first kappa shape index (κ1) is 15.1. The van der Waals surface area contributed by atoms with Gasteiger partial charge in [0, 0.05) is 6.04 Å². The molecule has 4 heteroatoms. The van der Waals surface area contributed by atoms with Gasteiger partial charge in [0.2, 0.25) is 0 Å². The molecule has 2 fully saturated rings. The van der Waals surface area contributed by atoms with E-state index in [1.807, 2.05) is 30.3 Å². The number of esters is 1. The molecule has 1 aromatic rings. The minimum atomic E-state index is -0.533. The molecule has 2 aliphatic rings. The molecule has 22 heavy (non-hydrogen) atoms. The highest BCUT2D eigenvalue weighted by molar-refractivity contribution is 5.87. The fourth-order valence-electron chi connectivity index (χ4n) is 3.51. The van der Waals surface area contributed by atoms with E-state index in [1.165, 1.54) is 12.8 Å². The van der Waals surface area contributed by atoms with Crippen LogP contribution in [-0.2, 0) is 19.7 Å². The Labute approximate surface area is 131 Å². The minimum absolute atomic E-state index is 0.163. The van der Waals surface area contributed by atoms with Gasteiger partial charge in [-0.25, -0.2) is 0 Å². The van der Waals surface area contributed by atoms with Gasteiger partial charge in [-0.1, -0.05) is 49.6 Å². The fourth-order valence-corrected chi connectivity index (χ4v) is 3.51. The van der Waals surface area contributed by atoms with Crippen molar-refractivity contribution in [3.63, 3.8) is 0 Å². The lowest BCUT2D eigenvalue weighted by Gasteiger charge is -2.39. The van der Waals surface area contributed by atoms with Crippen LogP contribution in [0.15, 0.2) is 30.3 Å². The number of carbonyl (C=O) groups excluding carboxylic acids is 2. The molecule has 0 heterocycles. The van der Waals surface area contributed by atoms with E-state index in [1.54, 1.807) is 0 Å². The third kappa shape index (κ3) is 3.01. The van der Waals surface area contributed by atoms with E-state index in [9.17, 15) is 9.59 Å². The van der Waals surface area contributed by atoms with Crippen molar-refractivity contribution in [2.45, 2.75) is 56.4 Å². The van der Waals surface area contributed by atoms with Gasteiger partial charge in [0.05, 0.1) is 5.41 Å². The van der Waals surface area contributed by atoms with E-state index in [2.05, 4.69) is 5.32 Å². The second-order valence-electron chi connectivity index (χ2n) is 6.43. The summed E-state index contributed by atoms with van der Waals surface area (Å²) in [6, 6.07) is 10.0. The average molecular weight is 301 g/mol. The van der Waals surface area contributed by atoms with Crippen LogP contribution in [0.1, 0.15) is 50.5 Å². The molecule has 1 amide bonds. The molecule has 0 spiro atoms. The predicted octanol–water partition coefficient (Wildman–Crippen LogP) is 2.71. The summed E-state index contributed by atoms with van der Waals surface area (Å²) in [5.74, 6) is -0.436. The zero-order chi connectivity index (χ0) is 15.4. The van der Waals surface area contributed by atoms with Crippen LogP contribution in [-0.4, -0.2) is 24.5 Å². The topological polar surface area (TPSA) is 55.4 Å². The summed E-state index contributed by atoms with van der Waals surface area (Å²) in [6.45, 7) is -0.163. The Bertz CT molecular complexity index is 531. The number of rotatable bonds is 5. The number of nitrogens with one attached hydrogen (secondary N) is 1. The Balaban J connectivity index is 1.55. The third-order valence-corrected chi connectivity index (χ3v) is 4.98. The number of benzene rings is 1. The van der Waals surface area contributed by atoms with Crippen molar-refractivity contribution in [2.75, 3.05) is 6.61 Å². The van der Waals surface area contributed by atoms with E-state index in [4.69, 9.17) is 4.74 Å². The standard InChI is InChI=1S/C18H23NO3/c20-16(19-15-9-4-5-10-15)13-22-17(21)18(11-6-12-18)14-7-2-1-3-8-14/h1-3,7-8,15H,4-6,9-13H2,(H,19,20). The molecule has 0 aromatic heterocycles. The summed E-state index contributed by atoms with van der Waals surface area (Å²) in [7, 11) is 0. The molecule has 0 bridgehead atoms. The molecular formula is C18H23NO3. The van der Waals surface area contributed by atoms with Gasteiger partial charge in [-0.2, -0.15) is 0 Å². The first-order valence-corrected chi connectivity index (χ1v) is 8.23. The van der Waals surface area contributed by atoms with Gasteiger partial charge >= 0.3 is 5.97 Å². The van der Waals surface area contributed by atoms with Gasteiger partial charge in [0.25, 0.3) is 5.91 Å². The molecule has 2 saturated carbocycles. The maximum atomic E-state index is 12.5. The van der Waals surface area contributed by atoms with Crippen LogP contribution in [0.3, 0.4) is 0 Å². The summed E-state index contributed by atoms with van der Waals surface area (Å²) >= 11 is 0. The van der Waals surface area contributed by atoms with Crippen LogP contribution in [0.25, 0.3) is 0 Å². The summed E-state index contributed by atoms with van der Waals surface area (Å²) in [5.41, 5.74) is 0.469. The number of hydrogen-bond acceptors (Lipinski definition) is 3. The molecule has 0 radical (unpaired) electrons. The summed E-state index contributed by atoms with van der Waals surface area (Å²) in [4.78, 5) is 24.4. The van der Waals surface area contributed by atoms with Gasteiger partial charge in [0.1, 0.15) is 0 Å². The Kier molecular flexibility index (Phi) is 4.46. The van der Waals surface area contributed by atoms with Crippen molar-refractivity contribution < 1.29 is 14.3 Å². The summed E-state index contributed by atoms with van der Waals surface area (Å²) < 4.78 is 5.32. The highest BCUT2D eigenvalue weighted by Crippen LogP contribution is 2.44. The Hall–Kier alpha value is -1.84. The minimum Gasteiger partial charge on any atom is -0.455 e. The van der Waals surface area contributed by atoms with Gasteiger partial charge in [-0.3, -0.25) is 9.59 Å². The number of carbonyl (C=O) groups is 2. The zero-order valence-corrected chi connectivity index (χ0v) is 12.8. The molecule has 0 unspecified atom stereocenters. The van der Waals surface area contributed by atoms with Crippen LogP contribution in [0, 0.1) is 0 Å². The highest BCUT2D eigenvalue weighted by Gasteiger charge is 2.47. The molecular weight excluding hydrogens is 278 g/mol. The molecule has 118 valence electrons. The smallest absolute Gasteiger partial charge is 0.317 e. The van der Waals surface area contributed by atoms with E-state index in [0.29, 0.717) is 0 Å². The predicted molar refractivity (Wildman–Crippen MR) is 83.3 cm³/mol. The lowest BCUT2D eigenvalue weighted by atomic mass is 9.64. The van der Waals surface area contributed by atoms with E-state index >= 15 is 0 Å². The van der Waals surface area contributed by atoms with E-state index in [0.717, 1.165) is 37.7 Å². The SMILES string of the molecule is O=C(COC(=O)C1(c2ccccc2)CCC1)NC1CCCC1. The van der Waals surface area contributed by atoms with Gasteiger partial charge < -0.3 is 10.1 Å². The highest BCUT2D eigenvalue weighted by atomic mass is 16.5. The van der Waals surface area contributed by atoms with Crippen molar-refractivity contribution in [3.05, 3.63) is 35.9 Å². The zero-order valence-electron chi connectivity index (χ0n) is 12.8. The van der Waals surface area contributed by atoms with Gasteiger partial charge in [-0.15, -0.1) is 0 Å². The van der Waals surface area contributed by atoms with Crippen LogP contribution in [0.2, 0.25) is 0 Å². The molecule has 1 aromatic carbocycles. The molecule has 0 atom stereocenters. The van der Waals surface area contributed by atoms with Crippen LogP contribution < -0.4 is 5.32 Å². The van der Waals surface area contributed by atoms with Crippen molar-refractivity contribution >= 4 is 11.9 Å². The number of amides is 1. The van der Waals surface area contributed by atoms with Gasteiger partial charge in [0.15, 0.2) is 6.61 Å². The second kappa shape index (κ2) is 6.51. The second-order valence-corrected chi connectivity index (χ2v) is 6.43. The van der Waals surface area contributed by atoms with Crippen molar-refractivity contribution in [3.8, 4) is 0 Å². The van der Waals surface area contributed by atoms with Crippen molar-refractivity contribution in [1.29, 1.82) is 0 Å². The Morgan fingerprint density at radius 1 is 1.09 bits per heavy atom.